The Morgan fingerprint density at radius 3 is 2.48 bits per heavy atom. The number of allylic oxidation sites excluding steroid dienone is 1. The van der Waals surface area contributed by atoms with Crippen molar-refractivity contribution in [2.24, 2.45) is 0 Å². The normalized spacial score (nSPS) is 21.2. The predicted molar refractivity (Wildman–Crippen MR) is 113 cm³/mol. The smallest absolute Gasteiger partial charge is 0.173 e. The number of hydrogen-bond acceptors (Lipinski definition) is 3. The van der Waals surface area contributed by atoms with Crippen molar-refractivity contribution in [1.29, 1.82) is 0 Å². The first-order chi connectivity index (χ1) is 13.0. The van der Waals surface area contributed by atoms with Crippen molar-refractivity contribution in [1.82, 2.24) is 10.2 Å². The molecule has 1 aromatic carbocycles. The van der Waals surface area contributed by atoms with Gasteiger partial charge >= 0.3 is 0 Å². The molecule has 146 valence electrons. The summed E-state index contributed by atoms with van der Waals surface area (Å²) in [7, 11) is 0. The summed E-state index contributed by atoms with van der Waals surface area (Å²) >= 11 is 5.56. The highest BCUT2D eigenvalue weighted by molar-refractivity contribution is 7.80. The third kappa shape index (κ3) is 4.52. The van der Waals surface area contributed by atoms with Gasteiger partial charge in [-0.3, -0.25) is 4.79 Å². The van der Waals surface area contributed by atoms with Gasteiger partial charge in [-0.25, -0.2) is 0 Å². The van der Waals surface area contributed by atoms with Gasteiger partial charge in [-0.1, -0.05) is 25.5 Å². The maximum atomic E-state index is 12.4. The molecule has 5 heteroatoms. The number of ketones is 1. The first-order valence-corrected chi connectivity index (χ1v) is 10.5. The van der Waals surface area contributed by atoms with Gasteiger partial charge in [-0.2, -0.15) is 0 Å². The van der Waals surface area contributed by atoms with Crippen molar-refractivity contribution in [3.63, 3.8) is 0 Å². The number of nitrogens with one attached hydrogen (secondary N) is 1. The van der Waals surface area contributed by atoms with Gasteiger partial charge in [0, 0.05) is 17.8 Å². The van der Waals surface area contributed by atoms with Crippen molar-refractivity contribution in [2.45, 2.75) is 71.4 Å². The third-order valence-corrected chi connectivity index (χ3v) is 5.83. The largest absolute Gasteiger partial charge is 0.490 e. The van der Waals surface area contributed by atoms with E-state index in [1.165, 1.54) is 19.3 Å². The second kappa shape index (κ2) is 8.87. The Hall–Kier alpha value is -1.88. The third-order valence-electron chi connectivity index (χ3n) is 5.49. The van der Waals surface area contributed by atoms with Crippen LogP contribution in [0.25, 0.3) is 0 Å². The van der Waals surface area contributed by atoms with Crippen LogP contribution in [0.15, 0.2) is 35.5 Å². The summed E-state index contributed by atoms with van der Waals surface area (Å²) in [6, 6.07) is 7.92. The fourth-order valence-electron chi connectivity index (χ4n) is 4.10. The SMILES string of the molecule is CCCN1C(=S)NC(c2ccc(OC3CCCCC3)cc2)C(C(C)=O)=C1C. The molecule has 4 nitrogen and oxygen atoms in total. The van der Waals surface area contributed by atoms with Gasteiger partial charge in [-0.05, 0) is 75.9 Å². The number of thiocarbonyl (C=S) groups is 1. The highest BCUT2D eigenvalue weighted by Gasteiger charge is 2.31. The van der Waals surface area contributed by atoms with Crippen LogP contribution in [0, 0.1) is 0 Å². The van der Waals surface area contributed by atoms with E-state index in [2.05, 4.69) is 12.2 Å². The molecule has 1 fully saturated rings. The van der Waals surface area contributed by atoms with Crippen LogP contribution in [-0.4, -0.2) is 28.4 Å². The number of nitrogens with zero attached hydrogens (tertiary/aromatic N) is 1. The fraction of sp³-hybridized carbons (Fsp3) is 0.545. The van der Waals surface area contributed by atoms with E-state index < -0.39 is 0 Å². The van der Waals surface area contributed by atoms with Crippen LogP contribution in [0.3, 0.4) is 0 Å². The van der Waals surface area contributed by atoms with Gasteiger partial charge in [0.2, 0.25) is 0 Å². The Bertz CT molecular complexity index is 720. The molecular formula is C22H30N2O2S. The molecule has 0 saturated heterocycles. The number of rotatable bonds is 6. The summed E-state index contributed by atoms with van der Waals surface area (Å²) in [6.45, 7) is 6.55. The summed E-state index contributed by atoms with van der Waals surface area (Å²) in [5.74, 6) is 0.984. The van der Waals surface area contributed by atoms with Crippen LogP contribution < -0.4 is 10.1 Å². The van der Waals surface area contributed by atoms with E-state index in [-0.39, 0.29) is 11.8 Å². The molecule has 2 aliphatic rings. The Morgan fingerprint density at radius 1 is 1.22 bits per heavy atom. The maximum absolute atomic E-state index is 12.4. The Kier molecular flexibility index (Phi) is 6.53. The second-order valence-electron chi connectivity index (χ2n) is 7.54. The molecule has 3 rings (SSSR count). The number of carbonyl (C=O) groups excluding carboxylic acids is 1. The minimum atomic E-state index is -0.202. The summed E-state index contributed by atoms with van der Waals surface area (Å²) in [6.07, 6.45) is 7.43. The zero-order valence-corrected chi connectivity index (χ0v) is 17.4. The summed E-state index contributed by atoms with van der Waals surface area (Å²) in [5.41, 5.74) is 2.78. The average molecular weight is 387 g/mol. The van der Waals surface area contributed by atoms with E-state index in [0.29, 0.717) is 11.2 Å². The number of benzene rings is 1. The van der Waals surface area contributed by atoms with Gasteiger partial charge < -0.3 is 15.0 Å². The lowest BCUT2D eigenvalue weighted by Crippen LogP contribution is -2.47. The van der Waals surface area contributed by atoms with Crippen molar-refractivity contribution < 1.29 is 9.53 Å². The molecule has 0 amide bonds. The summed E-state index contributed by atoms with van der Waals surface area (Å²) < 4.78 is 6.13. The Balaban J connectivity index is 1.81. The van der Waals surface area contributed by atoms with Gasteiger partial charge in [-0.15, -0.1) is 0 Å². The van der Waals surface area contributed by atoms with E-state index in [9.17, 15) is 4.79 Å². The van der Waals surface area contributed by atoms with Gasteiger partial charge in [0.05, 0.1) is 12.1 Å². The lowest BCUT2D eigenvalue weighted by atomic mass is 9.92. The monoisotopic (exact) mass is 386 g/mol. The molecule has 0 radical (unpaired) electrons. The minimum absolute atomic E-state index is 0.0798. The summed E-state index contributed by atoms with van der Waals surface area (Å²) in [5, 5.41) is 4.06. The fourth-order valence-corrected chi connectivity index (χ4v) is 4.44. The molecule has 0 aromatic heterocycles. The first-order valence-electron chi connectivity index (χ1n) is 10.1. The topological polar surface area (TPSA) is 41.6 Å². The lowest BCUT2D eigenvalue weighted by Gasteiger charge is -2.37. The van der Waals surface area contributed by atoms with Crippen LogP contribution in [0.1, 0.15) is 70.9 Å². The molecule has 1 aromatic rings. The van der Waals surface area contributed by atoms with Crippen LogP contribution in [0.4, 0.5) is 0 Å². The zero-order chi connectivity index (χ0) is 19.4. The van der Waals surface area contributed by atoms with Crippen molar-refractivity contribution >= 4 is 23.1 Å². The molecule has 27 heavy (non-hydrogen) atoms. The van der Waals surface area contributed by atoms with E-state index >= 15 is 0 Å². The summed E-state index contributed by atoms with van der Waals surface area (Å²) in [4.78, 5) is 14.4. The van der Waals surface area contributed by atoms with Gasteiger partial charge in [0.1, 0.15) is 5.75 Å². The number of hydrogen-bond donors (Lipinski definition) is 1. The van der Waals surface area contributed by atoms with Crippen LogP contribution >= 0.6 is 12.2 Å². The molecule has 1 heterocycles. The van der Waals surface area contributed by atoms with E-state index in [1.54, 1.807) is 6.92 Å². The lowest BCUT2D eigenvalue weighted by molar-refractivity contribution is -0.114. The molecule has 1 saturated carbocycles. The van der Waals surface area contributed by atoms with E-state index in [0.717, 1.165) is 48.4 Å². The van der Waals surface area contributed by atoms with Crippen molar-refractivity contribution in [3.8, 4) is 5.75 Å². The average Bonchev–Trinajstić information content (AvgIpc) is 2.66. The number of ether oxygens (including phenoxy) is 1. The van der Waals surface area contributed by atoms with E-state index in [4.69, 9.17) is 17.0 Å². The molecule has 1 aliphatic carbocycles. The first kappa shape index (κ1) is 19.9. The number of Topliss-reactive ketones (excluding diaryl/α,β-unsaturated/α-hetero) is 1. The van der Waals surface area contributed by atoms with Gasteiger partial charge in [0.15, 0.2) is 10.9 Å². The Labute approximate surface area is 168 Å². The highest BCUT2D eigenvalue weighted by Crippen LogP contribution is 2.32. The molecule has 1 aliphatic heterocycles. The van der Waals surface area contributed by atoms with E-state index in [1.807, 2.05) is 36.1 Å². The predicted octanol–water partition coefficient (Wildman–Crippen LogP) is 4.90. The quantitative estimate of drug-likeness (QED) is 0.704. The molecule has 0 spiro atoms. The maximum Gasteiger partial charge on any atom is 0.173 e. The highest BCUT2D eigenvalue weighted by atomic mass is 32.1. The van der Waals surface area contributed by atoms with Crippen LogP contribution in [0.2, 0.25) is 0 Å². The molecule has 1 unspecified atom stereocenters. The Morgan fingerprint density at radius 2 is 1.89 bits per heavy atom. The van der Waals surface area contributed by atoms with Crippen LogP contribution in [0.5, 0.6) is 5.75 Å². The van der Waals surface area contributed by atoms with Gasteiger partial charge in [0.25, 0.3) is 0 Å². The molecule has 1 atom stereocenters. The standard InChI is InChI=1S/C22H30N2O2S/c1-4-14-24-15(2)20(16(3)25)21(23-22(24)27)17-10-12-19(13-11-17)26-18-8-6-5-7-9-18/h10-13,18,21H,4-9,14H2,1-3H3,(H,23,27). The van der Waals surface area contributed by atoms with Crippen molar-refractivity contribution in [2.75, 3.05) is 6.54 Å². The number of carbonyl (C=O) groups is 1. The van der Waals surface area contributed by atoms with Crippen molar-refractivity contribution in [3.05, 3.63) is 41.1 Å². The molecular weight excluding hydrogens is 356 g/mol. The molecule has 0 bridgehead atoms. The zero-order valence-electron chi connectivity index (χ0n) is 16.6. The minimum Gasteiger partial charge on any atom is -0.490 e. The molecule has 1 N–H and O–H groups in total. The van der Waals surface area contributed by atoms with Crippen LogP contribution in [-0.2, 0) is 4.79 Å². The second-order valence-corrected chi connectivity index (χ2v) is 7.92.